The summed E-state index contributed by atoms with van der Waals surface area (Å²) in [6, 6.07) is 3.49. The van der Waals surface area contributed by atoms with Gasteiger partial charge in [-0.25, -0.2) is 4.79 Å². The quantitative estimate of drug-likeness (QED) is 0.809. The summed E-state index contributed by atoms with van der Waals surface area (Å²) < 4.78 is 5.50. The van der Waals surface area contributed by atoms with Crippen LogP contribution in [0.15, 0.2) is 36.1 Å². The van der Waals surface area contributed by atoms with E-state index in [0.29, 0.717) is 32.8 Å². The third-order valence-corrected chi connectivity index (χ3v) is 5.21. The predicted octanol–water partition coefficient (Wildman–Crippen LogP) is 1.50. The number of morpholine rings is 1. The first kappa shape index (κ1) is 19.2. The zero-order chi connectivity index (χ0) is 19.1. The number of carbonyl (C=O) groups excluding carboxylic acids is 2. The summed E-state index contributed by atoms with van der Waals surface area (Å²) in [5.41, 5.74) is 0.721. The number of nitrogens with one attached hydrogen (secondary N) is 1. The highest BCUT2D eigenvalue weighted by Crippen LogP contribution is 2.14. The number of ether oxygens (including phenoxy) is 1. The Kier molecular flexibility index (Phi) is 6.72. The molecular weight excluding hydrogens is 366 g/mol. The summed E-state index contributed by atoms with van der Waals surface area (Å²) in [7, 11) is 1.72. The van der Waals surface area contributed by atoms with Crippen molar-refractivity contribution in [3.63, 3.8) is 0 Å². The largest absolute Gasteiger partial charge is 0.377 e. The fourth-order valence-corrected chi connectivity index (χ4v) is 3.51. The van der Waals surface area contributed by atoms with Gasteiger partial charge in [-0.1, -0.05) is 6.07 Å². The van der Waals surface area contributed by atoms with E-state index in [-0.39, 0.29) is 24.4 Å². The third kappa shape index (κ3) is 5.48. The Bertz CT molecular complexity index is 741. The van der Waals surface area contributed by atoms with Gasteiger partial charge in [0.05, 0.1) is 44.2 Å². The molecular formula is C18H23N5O3S. The minimum Gasteiger partial charge on any atom is -0.377 e. The summed E-state index contributed by atoms with van der Waals surface area (Å²) in [6.45, 7) is 2.18. The van der Waals surface area contributed by atoms with Crippen LogP contribution in [0.25, 0.3) is 0 Å². The Morgan fingerprint density at radius 3 is 3.07 bits per heavy atom. The van der Waals surface area contributed by atoms with Gasteiger partial charge >= 0.3 is 6.03 Å². The van der Waals surface area contributed by atoms with E-state index in [1.807, 2.05) is 17.5 Å². The minimum atomic E-state index is -0.279. The number of thiophene rings is 1. The second-order valence-electron chi connectivity index (χ2n) is 6.31. The molecule has 27 heavy (non-hydrogen) atoms. The Labute approximate surface area is 162 Å². The van der Waals surface area contributed by atoms with Crippen molar-refractivity contribution in [3.8, 4) is 0 Å². The first-order chi connectivity index (χ1) is 13.1. The molecule has 2 aromatic heterocycles. The lowest BCUT2D eigenvalue weighted by Gasteiger charge is -2.36. The third-order valence-electron chi connectivity index (χ3n) is 4.33. The standard InChI is InChI=1S/C18H23N5O3S/c1-22(12-14-10-19-4-5-20-14)17(24)9-15-13-26-7-6-23(15)18(25)21-11-16-3-2-8-27-16/h2-5,8,10,15H,6-7,9,11-13H2,1H3,(H,21,25)/t15-/m0/s1. The number of hydrogen-bond donors (Lipinski definition) is 1. The molecule has 1 aliphatic heterocycles. The number of urea groups is 1. The topological polar surface area (TPSA) is 87.7 Å². The number of nitrogens with zero attached hydrogens (tertiary/aromatic N) is 4. The van der Waals surface area contributed by atoms with Gasteiger partial charge in [0.2, 0.25) is 5.91 Å². The van der Waals surface area contributed by atoms with Crippen LogP contribution in [0.5, 0.6) is 0 Å². The van der Waals surface area contributed by atoms with Crippen molar-refractivity contribution in [2.45, 2.75) is 25.6 Å². The lowest BCUT2D eigenvalue weighted by molar-refractivity contribution is -0.132. The van der Waals surface area contributed by atoms with Crippen LogP contribution < -0.4 is 5.32 Å². The Morgan fingerprint density at radius 2 is 2.33 bits per heavy atom. The Balaban J connectivity index is 1.54. The number of rotatable bonds is 6. The fraction of sp³-hybridized carbons (Fsp3) is 0.444. The second-order valence-corrected chi connectivity index (χ2v) is 7.34. The van der Waals surface area contributed by atoms with Crippen LogP contribution in [0, 0.1) is 0 Å². The molecule has 1 atom stereocenters. The van der Waals surface area contributed by atoms with Crippen molar-refractivity contribution in [1.82, 2.24) is 25.1 Å². The number of amides is 3. The maximum Gasteiger partial charge on any atom is 0.318 e. The summed E-state index contributed by atoms with van der Waals surface area (Å²) in [4.78, 5) is 37.7. The Hall–Kier alpha value is -2.52. The van der Waals surface area contributed by atoms with Crippen LogP contribution in [0.4, 0.5) is 4.79 Å². The van der Waals surface area contributed by atoms with E-state index in [9.17, 15) is 9.59 Å². The number of aromatic nitrogens is 2. The monoisotopic (exact) mass is 389 g/mol. The molecule has 144 valence electrons. The van der Waals surface area contributed by atoms with Gasteiger partial charge in [0, 0.05) is 37.3 Å². The molecule has 8 nitrogen and oxygen atoms in total. The van der Waals surface area contributed by atoms with Crippen molar-refractivity contribution >= 4 is 23.3 Å². The average Bonchev–Trinajstić information content (AvgIpc) is 3.21. The highest BCUT2D eigenvalue weighted by atomic mass is 32.1. The van der Waals surface area contributed by atoms with Gasteiger partial charge in [-0.2, -0.15) is 0 Å². The molecule has 1 N–H and O–H groups in total. The maximum absolute atomic E-state index is 12.6. The van der Waals surface area contributed by atoms with Crippen LogP contribution in [-0.4, -0.2) is 64.6 Å². The molecule has 3 amide bonds. The van der Waals surface area contributed by atoms with Gasteiger partial charge < -0.3 is 19.9 Å². The molecule has 0 unspecified atom stereocenters. The van der Waals surface area contributed by atoms with Crippen molar-refractivity contribution in [3.05, 3.63) is 46.7 Å². The van der Waals surface area contributed by atoms with Crippen molar-refractivity contribution in [2.24, 2.45) is 0 Å². The molecule has 1 fully saturated rings. The molecule has 0 aromatic carbocycles. The number of carbonyl (C=O) groups is 2. The summed E-state index contributed by atoms with van der Waals surface area (Å²) in [5, 5.41) is 4.90. The zero-order valence-electron chi connectivity index (χ0n) is 15.2. The van der Waals surface area contributed by atoms with Gasteiger partial charge in [0.15, 0.2) is 0 Å². The van der Waals surface area contributed by atoms with Crippen molar-refractivity contribution in [2.75, 3.05) is 26.8 Å². The summed E-state index contributed by atoms with van der Waals surface area (Å²) in [5.74, 6) is -0.0628. The van der Waals surface area contributed by atoms with E-state index < -0.39 is 0 Å². The first-order valence-electron chi connectivity index (χ1n) is 8.77. The molecule has 3 rings (SSSR count). The molecule has 9 heteroatoms. The van der Waals surface area contributed by atoms with Gasteiger partial charge in [0.25, 0.3) is 0 Å². The molecule has 0 radical (unpaired) electrons. The molecule has 0 aliphatic carbocycles. The molecule has 0 bridgehead atoms. The lowest BCUT2D eigenvalue weighted by Crippen LogP contribution is -2.53. The van der Waals surface area contributed by atoms with Gasteiger partial charge in [0.1, 0.15) is 0 Å². The van der Waals surface area contributed by atoms with E-state index in [1.54, 1.807) is 46.8 Å². The molecule has 0 spiro atoms. The number of hydrogen-bond acceptors (Lipinski definition) is 6. The van der Waals surface area contributed by atoms with Crippen LogP contribution in [-0.2, 0) is 22.6 Å². The molecule has 1 aliphatic rings. The van der Waals surface area contributed by atoms with E-state index in [4.69, 9.17) is 4.74 Å². The smallest absolute Gasteiger partial charge is 0.318 e. The van der Waals surface area contributed by atoms with Gasteiger partial charge in [-0.3, -0.25) is 14.8 Å². The second kappa shape index (κ2) is 9.43. The molecule has 3 heterocycles. The van der Waals surface area contributed by atoms with Crippen LogP contribution in [0.2, 0.25) is 0 Å². The van der Waals surface area contributed by atoms with Crippen LogP contribution in [0.1, 0.15) is 17.0 Å². The molecule has 0 saturated carbocycles. The van der Waals surface area contributed by atoms with Crippen LogP contribution in [0.3, 0.4) is 0 Å². The highest BCUT2D eigenvalue weighted by molar-refractivity contribution is 7.09. The van der Waals surface area contributed by atoms with Crippen molar-refractivity contribution < 1.29 is 14.3 Å². The van der Waals surface area contributed by atoms with Gasteiger partial charge in [-0.05, 0) is 11.4 Å². The predicted molar refractivity (Wildman–Crippen MR) is 101 cm³/mol. The average molecular weight is 389 g/mol. The fourth-order valence-electron chi connectivity index (χ4n) is 2.87. The summed E-state index contributed by atoms with van der Waals surface area (Å²) >= 11 is 1.60. The maximum atomic E-state index is 12.6. The van der Waals surface area contributed by atoms with Crippen molar-refractivity contribution in [1.29, 1.82) is 0 Å². The van der Waals surface area contributed by atoms with E-state index >= 15 is 0 Å². The Morgan fingerprint density at radius 1 is 1.44 bits per heavy atom. The van der Waals surface area contributed by atoms with E-state index in [2.05, 4.69) is 15.3 Å². The molecule has 1 saturated heterocycles. The normalized spacial score (nSPS) is 16.8. The SMILES string of the molecule is CN(Cc1cnccn1)C(=O)C[C@H]1COCCN1C(=O)NCc1cccs1. The van der Waals surface area contributed by atoms with Gasteiger partial charge in [-0.15, -0.1) is 11.3 Å². The molecule has 2 aromatic rings. The lowest BCUT2D eigenvalue weighted by atomic mass is 10.1. The van der Waals surface area contributed by atoms with E-state index in [1.165, 1.54) is 0 Å². The minimum absolute atomic E-state index is 0.0628. The first-order valence-corrected chi connectivity index (χ1v) is 9.65. The zero-order valence-corrected chi connectivity index (χ0v) is 16.0. The highest BCUT2D eigenvalue weighted by Gasteiger charge is 2.30. The van der Waals surface area contributed by atoms with Crippen LogP contribution >= 0.6 is 11.3 Å². The summed E-state index contributed by atoms with van der Waals surface area (Å²) in [6.07, 6.45) is 5.04. The van der Waals surface area contributed by atoms with E-state index in [0.717, 1.165) is 10.6 Å².